The number of sulfone groups is 1. The van der Waals surface area contributed by atoms with E-state index in [-0.39, 0.29) is 10.5 Å². The van der Waals surface area contributed by atoms with Gasteiger partial charge in [-0.05, 0) is 32.0 Å². The van der Waals surface area contributed by atoms with Crippen molar-refractivity contribution in [1.82, 2.24) is 0 Å². The van der Waals surface area contributed by atoms with Gasteiger partial charge in [-0.3, -0.25) is 0 Å². The maximum atomic E-state index is 11.7. The molecule has 0 aliphatic heterocycles. The molecule has 0 atom stereocenters. The smallest absolute Gasteiger partial charge is 0.335 e. The van der Waals surface area contributed by atoms with Gasteiger partial charge in [0.2, 0.25) is 0 Å². The van der Waals surface area contributed by atoms with Crippen molar-refractivity contribution in [1.29, 1.82) is 0 Å². The second-order valence-electron chi connectivity index (χ2n) is 3.43. The normalized spacial score (nSPS) is 11.7. The summed E-state index contributed by atoms with van der Waals surface area (Å²) in [5.74, 6) is -1.13. The number of carboxylic acids is 1. The molecule has 0 bridgehead atoms. The third-order valence-corrected chi connectivity index (χ3v) is 4.18. The van der Waals surface area contributed by atoms with Crippen LogP contribution >= 0.6 is 0 Å². The zero-order valence-electron chi connectivity index (χ0n) is 8.47. The van der Waals surface area contributed by atoms with Crippen LogP contribution in [0.15, 0.2) is 29.2 Å². The van der Waals surface area contributed by atoms with Gasteiger partial charge in [-0.25, -0.2) is 13.2 Å². The Hall–Kier alpha value is -1.36. The van der Waals surface area contributed by atoms with E-state index in [1.165, 1.54) is 24.3 Å². The van der Waals surface area contributed by atoms with Crippen molar-refractivity contribution in [2.45, 2.75) is 24.0 Å². The minimum Gasteiger partial charge on any atom is -0.478 e. The standard InChI is InChI=1S/C10H12O4S/c1-7(2)15(13,14)9-5-3-4-8(6-9)10(11)12/h3-7H,1-2H3,(H,11,12). The number of carboxylic acid groups (broad SMARTS) is 1. The highest BCUT2D eigenvalue weighted by Crippen LogP contribution is 2.17. The van der Waals surface area contributed by atoms with E-state index in [0.29, 0.717) is 0 Å². The molecule has 82 valence electrons. The summed E-state index contributed by atoms with van der Waals surface area (Å²) >= 11 is 0. The lowest BCUT2D eigenvalue weighted by Crippen LogP contribution is -2.14. The number of carbonyl (C=O) groups is 1. The van der Waals surface area contributed by atoms with Crippen molar-refractivity contribution in [2.24, 2.45) is 0 Å². The predicted octanol–water partition coefficient (Wildman–Crippen LogP) is 1.57. The number of aromatic carboxylic acids is 1. The summed E-state index contributed by atoms with van der Waals surface area (Å²) in [6, 6.07) is 5.37. The molecule has 0 radical (unpaired) electrons. The van der Waals surface area contributed by atoms with E-state index in [4.69, 9.17) is 5.11 Å². The predicted molar refractivity (Wildman–Crippen MR) is 55.7 cm³/mol. The molecule has 0 aliphatic carbocycles. The fraction of sp³-hybridized carbons (Fsp3) is 0.300. The van der Waals surface area contributed by atoms with Crippen molar-refractivity contribution < 1.29 is 18.3 Å². The van der Waals surface area contributed by atoms with Crippen molar-refractivity contribution in [3.05, 3.63) is 29.8 Å². The van der Waals surface area contributed by atoms with Gasteiger partial charge in [0.05, 0.1) is 15.7 Å². The highest BCUT2D eigenvalue weighted by atomic mass is 32.2. The molecule has 0 spiro atoms. The highest BCUT2D eigenvalue weighted by molar-refractivity contribution is 7.92. The summed E-state index contributed by atoms with van der Waals surface area (Å²) in [5, 5.41) is 8.16. The number of rotatable bonds is 3. The molecular weight excluding hydrogens is 216 g/mol. The second kappa shape index (κ2) is 4.02. The van der Waals surface area contributed by atoms with Crippen LogP contribution < -0.4 is 0 Å². The number of benzene rings is 1. The topological polar surface area (TPSA) is 71.4 Å². The van der Waals surface area contributed by atoms with Gasteiger partial charge in [0.25, 0.3) is 0 Å². The first-order valence-electron chi connectivity index (χ1n) is 4.43. The van der Waals surface area contributed by atoms with Gasteiger partial charge >= 0.3 is 5.97 Å². The lowest BCUT2D eigenvalue weighted by Gasteiger charge is -2.07. The van der Waals surface area contributed by atoms with E-state index in [9.17, 15) is 13.2 Å². The molecule has 0 heterocycles. The zero-order valence-corrected chi connectivity index (χ0v) is 9.28. The van der Waals surface area contributed by atoms with Crippen molar-refractivity contribution in [3.63, 3.8) is 0 Å². The van der Waals surface area contributed by atoms with Crippen LogP contribution in [-0.4, -0.2) is 24.7 Å². The molecule has 0 aromatic heterocycles. The Morgan fingerprint density at radius 2 is 1.93 bits per heavy atom. The summed E-state index contributed by atoms with van der Waals surface area (Å²) in [6.45, 7) is 3.12. The molecule has 0 fully saturated rings. The van der Waals surface area contributed by atoms with Crippen LogP contribution in [0.3, 0.4) is 0 Å². The van der Waals surface area contributed by atoms with E-state index >= 15 is 0 Å². The SMILES string of the molecule is CC(C)S(=O)(=O)c1cccc(C(=O)O)c1. The van der Waals surface area contributed by atoms with Crippen LogP contribution in [0.4, 0.5) is 0 Å². The molecule has 5 heteroatoms. The molecule has 0 aliphatic rings. The lowest BCUT2D eigenvalue weighted by atomic mass is 10.2. The third-order valence-electron chi connectivity index (χ3n) is 2.03. The van der Waals surface area contributed by atoms with Gasteiger partial charge in [-0.2, -0.15) is 0 Å². The Kier molecular flexibility index (Phi) is 3.14. The Morgan fingerprint density at radius 1 is 1.33 bits per heavy atom. The average molecular weight is 228 g/mol. The number of hydrogen-bond donors (Lipinski definition) is 1. The molecule has 15 heavy (non-hydrogen) atoms. The number of hydrogen-bond acceptors (Lipinski definition) is 3. The van der Waals surface area contributed by atoms with Crippen LogP contribution in [0.25, 0.3) is 0 Å². The summed E-state index contributed by atoms with van der Waals surface area (Å²) in [5.41, 5.74) is -0.0169. The van der Waals surface area contributed by atoms with E-state index < -0.39 is 21.1 Å². The summed E-state index contributed by atoms with van der Waals surface area (Å²) in [4.78, 5) is 10.7. The monoisotopic (exact) mass is 228 g/mol. The Bertz CT molecular complexity index is 474. The van der Waals surface area contributed by atoms with Crippen LogP contribution in [0.1, 0.15) is 24.2 Å². The van der Waals surface area contributed by atoms with Crippen LogP contribution in [0.5, 0.6) is 0 Å². The summed E-state index contributed by atoms with van der Waals surface area (Å²) < 4.78 is 23.4. The first-order valence-corrected chi connectivity index (χ1v) is 5.97. The molecule has 0 amide bonds. The third kappa shape index (κ3) is 2.36. The van der Waals surface area contributed by atoms with E-state index in [2.05, 4.69) is 0 Å². The van der Waals surface area contributed by atoms with Gasteiger partial charge in [-0.15, -0.1) is 0 Å². The van der Waals surface area contributed by atoms with E-state index in [0.717, 1.165) is 0 Å². The van der Waals surface area contributed by atoms with E-state index in [1.807, 2.05) is 0 Å². The van der Waals surface area contributed by atoms with Crippen LogP contribution in [0.2, 0.25) is 0 Å². The minimum atomic E-state index is -3.40. The molecule has 1 aromatic rings. The van der Waals surface area contributed by atoms with Crippen molar-refractivity contribution in [2.75, 3.05) is 0 Å². The molecule has 1 rings (SSSR count). The average Bonchev–Trinajstić information content (AvgIpc) is 2.17. The molecule has 1 N–H and O–H groups in total. The van der Waals surface area contributed by atoms with Crippen LogP contribution in [0, 0.1) is 0 Å². The Labute approximate surface area is 88.5 Å². The first kappa shape index (κ1) is 11.7. The van der Waals surface area contributed by atoms with Gasteiger partial charge in [0, 0.05) is 0 Å². The molecule has 4 nitrogen and oxygen atoms in total. The fourth-order valence-electron chi connectivity index (χ4n) is 1.08. The molecule has 0 unspecified atom stereocenters. The fourth-order valence-corrected chi connectivity index (χ4v) is 2.18. The Balaban J connectivity index is 3.29. The molecule has 0 saturated carbocycles. The van der Waals surface area contributed by atoms with Gasteiger partial charge in [0.1, 0.15) is 0 Å². The van der Waals surface area contributed by atoms with Gasteiger partial charge < -0.3 is 5.11 Å². The molecular formula is C10H12O4S. The molecule has 1 aromatic carbocycles. The Morgan fingerprint density at radius 3 is 2.40 bits per heavy atom. The van der Waals surface area contributed by atoms with E-state index in [1.54, 1.807) is 13.8 Å². The maximum absolute atomic E-state index is 11.7. The quantitative estimate of drug-likeness (QED) is 0.852. The molecule has 0 saturated heterocycles. The van der Waals surface area contributed by atoms with Crippen molar-refractivity contribution >= 4 is 15.8 Å². The second-order valence-corrected chi connectivity index (χ2v) is 5.93. The summed E-state index contributed by atoms with van der Waals surface area (Å²) in [6.07, 6.45) is 0. The minimum absolute atomic E-state index is 0.0169. The van der Waals surface area contributed by atoms with Crippen molar-refractivity contribution in [3.8, 4) is 0 Å². The maximum Gasteiger partial charge on any atom is 0.335 e. The largest absolute Gasteiger partial charge is 0.478 e. The zero-order chi connectivity index (χ0) is 11.6. The summed E-state index contributed by atoms with van der Waals surface area (Å²) in [7, 11) is -3.40. The van der Waals surface area contributed by atoms with Gasteiger partial charge in [0.15, 0.2) is 9.84 Å². The lowest BCUT2D eigenvalue weighted by molar-refractivity contribution is 0.0696. The highest BCUT2D eigenvalue weighted by Gasteiger charge is 2.19. The van der Waals surface area contributed by atoms with Crippen LogP contribution in [-0.2, 0) is 9.84 Å². The first-order chi connectivity index (χ1) is 6.85. The van der Waals surface area contributed by atoms with Gasteiger partial charge in [-0.1, -0.05) is 6.07 Å².